The molecule has 0 atom stereocenters. The monoisotopic (exact) mass is 387 g/mol. The Morgan fingerprint density at radius 2 is 1.90 bits per heavy atom. The Bertz CT molecular complexity index is 1190. The molecule has 0 bridgehead atoms. The number of carbonyl (C=O) groups excluding carboxylic acids is 2. The summed E-state index contributed by atoms with van der Waals surface area (Å²) < 4.78 is 6.50. The zero-order valence-corrected chi connectivity index (χ0v) is 15.6. The molecule has 0 aliphatic heterocycles. The largest absolute Gasteiger partial charge is 0.462 e. The summed E-state index contributed by atoms with van der Waals surface area (Å²) in [5.74, 6) is -0.438. The second-order valence-corrected chi connectivity index (χ2v) is 6.07. The van der Waals surface area contributed by atoms with Crippen molar-refractivity contribution in [3.63, 3.8) is 0 Å². The van der Waals surface area contributed by atoms with E-state index in [-0.39, 0.29) is 23.7 Å². The number of amides is 1. The van der Waals surface area contributed by atoms with E-state index in [2.05, 4.69) is 20.4 Å². The molecule has 1 aromatic carbocycles. The Balaban J connectivity index is 1.78. The van der Waals surface area contributed by atoms with Crippen molar-refractivity contribution >= 4 is 28.6 Å². The van der Waals surface area contributed by atoms with Gasteiger partial charge in [-0.1, -0.05) is 24.3 Å². The van der Waals surface area contributed by atoms with E-state index < -0.39 is 11.9 Å². The van der Waals surface area contributed by atoms with Gasteiger partial charge in [0.15, 0.2) is 11.6 Å². The van der Waals surface area contributed by atoms with Crippen LogP contribution in [0.25, 0.3) is 16.7 Å². The Labute approximate surface area is 166 Å². The number of anilines is 1. The number of ether oxygens (including phenoxy) is 1. The van der Waals surface area contributed by atoms with E-state index in [1.165, 1.54) is 17.1 Å². The fraction of sp³-hybridized carbons (Fsp3) is 0.0952. The number of rotatable bonds is 5. The summed E-state index contributed by atoms with van der Waals surface area (Å²) in [5, 5.41) is 7.95. The first kappa shape index (κ1) is 18.3. The number of para-hydroxylation sites is 1. The van der Waals surface area contributed by atoms with Gasteiger partial charge in [0.25, 0.3) is 5.91 Å². The summed E-state index contributed by atoms with van der Waals surface area (Å²) >= 11 is 0. The molecule has 3 heterocycles. The SMILES string of the molecule is CCOC(=O)c1cnn(-c2ccc3ccccc3n2)c1NC(=O)c1ccccn1. The Morgan fingerprint density at radius 3 is 2.69 bits per heavy atom. The molecule has 29 heavy (non-hydrogen) atoms. The second kappa shape index (κ2) is 7.89. The van der Waals surface area contributed by atoms with Crippen molar-refractivity contribution in [2.24, 2.45) is 0 Å². The normalized spacial score (nSPS) is 10.7. The first-order chi connectivity index (χ1) is 14.2. The highest BCUT2D eigenvalue weighted by molar-refractivity contribution is 6.06. The van der Waals surface area contributed by atoms with Crippen molar-refractivity contribution in [2.45, 2.75) is 6.92 Å². The molecule has 0 spiro atoms. The summed E-state index contributed by atoms with van der Waals surface area (Å²) in [6.45, 7) is 1.91. The van der Waals surface area contributed by atoms with Crippen LogP contribution in [0.5, 0.6) is 0 Å². The topological polar surface area (TPSA) is 99.0 Å². The van der Waals surface area contributed by atoms with Gasteiger partial charge < -0.3 is 10.1 Å². The average Bonchev–Trinajstić information content (AvgIpc) is 3.17. The van der Waals surface area contributed by atoms with Gasteiger partial charge in [-0.2, -0.15) is 9.78 Å². The molecule has 0 aliphatic rings. The quantitative estimate of drug-likeness (QED) is 0.528. The van der Waals surface area contributed by atoms with E-state index in [9.17, 15) is 9.59 Å². The van der Waals surface area contributed by atoms with Gasteiger partial charge in [0.2, 0.25) is 0 Å². The van der Waals surface area contributed by atoms with Crippen molar-refractivity contribution in [3.8, 4) is 5.82 Å². The van der Waals surface area contributed by atoms with E-state index in [4.69, 9.17) is 4.74 Å². The fourth-order valence-electron chi connectivity index (χ4n) is 2.84. The average molecular weight is 387 g/mol. The molecule has 1 N–H and O–H groups in total. The number of carbonyl (C=O) groups is 2. The molecule has 0 unspecified atom stereocenters. The van der Waals surface area contributed by atoms with Gasteiger partial charge in [0.05, 0.1) is 18.3 Å². The van der Waals surface area contributed by atoms with E-state index in [0.29, 0.717) is 5.82 Å². The fourth-order valence-corrected chi connectivity index (χ4v) is 2.84. The minimum absolute atomic E-state index is 0.131. The standard InChI is InChI=1S/C21H17N5O3/c1-2-29-21(28)15-13-23-26(18-11-10-14-7-3-4-8-16(14)24-18)19(15)25-20(27)17-9-5-6-12-22-17/h3-13H,2H2,1H3,(H,25,27). The van der Waals surface area contributed by atoms with Gasteiger partial charge in [-0.15, -0.1) is 0 Å². The molecule has 4 rings (SSSR count). The summed E-state index contributed by atoms with van der Waals surface area (Å²) in [6, 6.07) is 16.3. The Kier molecular flexibility index (Phi) is 4.98. The number of pyridine rings is 2. The summed E-state index contributed by atoms with van der Waals surface area (Å²) in [6.07, 6.45) is 2.87. The molecule has 0 saturated heterocycles. The Morgan fingerprint density at radius 1 is 1.07 bits per heavy atom. The lowest BCUT2D eigenvalue weighted by Crippen LogP contribution is -2.19. The number of fused-ring (bicyclic) bond motifs is 1. The van der Waals surface area contributed by atoms with Gasteiger partial charge in [-0.25, -0.2) is 9.78 Å². The lowest BCUT2D eigenvalue weighted by atomic mass is 10.2. The van der Waals surface area contributed by atoms with Gasteiger partial charge in [-0.3, -0.25) is 9.78 Å². The van der Waals surface area contributed by atoms with Crippen LogP contribution in [-0.2, 0) is 4.74 Å². The van der Waals surface area contributed by atoms with Crippen LogP contribution in [0.2, 0.25) is 0 Å². The third kappa shape index (κ3) is 3.68. The van der Waals surface area contributed by atoms with E-state index in [1.54, 1.807) is 31.2 Å². The maximum absolute atomic E-state index is 12.7. The molecule has 144 valence electrons. The lowest BCUT2D eigenvalue weighted by Gasteiger charge is -2.11. The van der Waals surface area contributed by atoms with Crippen LogP contribution in [0.1, 0.15) is 27.8 Å². The zero-order chi connectivity index (χ0) is 20.2. The highest BCUT2D eigenvalue weighted by Crippen LogP contribution is 2.23. The summed E-state index contributed by atoms with van der Waals surface area (Å²) in [5.41, 5.74) is 1.10. The second-order valence-electron chi connectivity index (χ2n) is 6.07. The minimum Gasteiger partial charge on any atom is -0.462 e. The molecule has 4 aromatic rings. The van der Waals surface area contributed by atoms with Crippen LogP contribution >= 0.6 is 0 Å². The molecular weight excluding hydrogens is 370 g/mol. The van der Waals surface area contributed by atoms with Crippen molar-refractivity contribution in [3.05, 3.63) is 78.2 Å². The van der Waals surface area contributed by atoms with Crippen LogP contribution in [0.3, 0.4) is 0 Å². The number of hydrogen-bond acceptors (Lipinski definition) is 6. The predicted molar refractivity (Wildman–Crippen MR) is 107 cm³/mol. The maximum Gasteiger partial charge on any atom is 0.343 e. The number of hydrogen-bond donors (Lipinski definition) is 1. The molecular formula is C21H17N5O3. The van der Waals surface area contributed by atoms with E-state index in [1.807, 2.05) is 30.3 Å². The van der Waals surface area contributed by atoms with Gasteiger partial charge in [0.1, 0.15) is 11.3 Å². The van der Waals surface area contributed by atoms with E-state index in [0.717, 1.165) is 10.9 Å². The third-order valence-corrected chi connectivity index (χ3v) is 4.19. The van der Waals surface area contributed by atoms with Crippen molar-refractivity contribution in [1.82, 2.24) is 19.7 Å². The van der Waals surface area contributed by atoms with Crippen LogP contribution < -0.4 is 5.32 Å². The predicted octanol–water partition coefficient (Wildman–Crippen LogP) is 3.24. The Hall–Kier alpha value is -4.07. The maximum atomic E-state index is 12.7. The van der Waals surface area contributed by atoms with Crippen LogP contribution in [0, 0.1) is 0 Å². The van der Waals surface area contributed by atoms with Gasteiger partial charge >= 0.3 is 5.97 Å². The lowest BCUT2D eigenvalue weighted by molar-refractivity contribution is 0.0527. The van der Waals surface area contributed by atoms with Crippen molar-refractivity contribution < 1.29 is 14.3 Å². The molecule has 0 fully saturated rings. The first-order valence-electron chi connectivity index (χ1n) is 9.01. The number of nitrogens with zero attached hydrogens (tertiary/aromatic N) is 4. The van der Waals surface area contributed by atoms with Gasteiger partial charge in [-0.05, 0) is 37.3 Å². The minimum atomic E-state index is -0.587. The number of aromatic nitrogens is 4. The number of nitrogens with one attached hydrogen (secondary N) is 1. The molecule has 1 amide bonds. The van der Waals surface area contributed by atoms with E-state index >= 15 is 0 Å². The van der Waals surface area contributed by atoms with Gasteiger partial charge in [0, 0.05) is 11.6 Å². The van der Waals surface area contributed by atoms with Crippen LogP contribution in [0.15, 0.2) is 67.0 Å². The summed E-state index contributed by atoms with van der Waals surface area (Å²) in [4.78, 5) is 33.7. The van der Waals surface area contributed by atoms with Crippen molar-refractivity contribution in [1.29, 1.82) is 0 Å². The first-order valence-corrected chi connectivity index (χ1v) is 9.01. The van der Waals surface area contributed by atoms with Crippen molar-refractivity contribution in [2.75, 3.05) is 11.9 Å². The summed E-state index contributed by atoms with van der Waals surface area (Å²) in [7, 11) is 0. The third-order valence-electron chi connectivity index (χ3n) is 4.19. The smallest absolute Gasteiger partial charge is 0.343 e. The highest BCUT2D eigenvalue weighted by atomic mass is 16.5. The van der Waals surface area contributed by atoms with Crippen LogP contribution in [-0.4, -0.2) is 38.2 Å². The number of benzene rings is 1. The molecule has 0 radical (unpaired) electrons. The zero-order valence-electron chi connectivity index (χ0n) is 15.6. The molecule has 3 aromatic heterocycles. The molecule has 8 heteroatoms. The number of esters is 1. The highest BCUT2D eigenvalue weighted by Gasteiger charge is 2.23. The molecule has 8 nitrogen and oxygen atoms in total. The van der Waals surface area contributed by atoms with Crippen LogP contribution in [0.4, 0.5) is 5.82 Å². The molecule has 0 aliphatic carbocycles. The molecule has 0 saturated carbocycles.